The SMILES string of the molecule is C=C1CCC(Cc2ccccc2)C1. The zero-order chi connectivity index (χ0) is 9.10. The molecule has 0 radical (unpaired) electrons. The minimum absolute atomic E-state index is 0.856. The molecule has 0 aliphatic heterocycles. The molecule has 1 atom stereocenters. The van der Waals surface area contributed by atoms with Gasteiger partial charge in [-0.15, -0.1) is 0 Å². The van der Waals surface area contributed by atoms with Gasteiger partial charge < -0.3 is 0 Å². The van der Waals surface area contributed by atoms with Crippen molar-refractivity contribution >= 4 is 0 Å². The Morgan fingerprint density at radius 1 is 1.23 bits per heavy atom. The minimum atomic E-state index is 0.856. The summed E-state index contributed by atoms with van der Waals surface area (Å²) in [6.45, 7) is 4.05. The molecule has 68 valence electrons. The van der Waals surface area contributed by atoms with Crippen LogP contribution in [0.1, 0.15) is 24.8 Å². The average molecular weight is 172 g/mol. The van der Waals surface area contributed by atoms with Crippen molar-refractivity contribution in [2.24, 2.45) is 5.92 Å². The molecule has 1 aliphatic carbocycles. The molecule has 1 aromatic carbocycles. The molecule has 1 aromatic rings. The highest BCUT2D eigenvalue weighted by Crippen LogP contribution is 2.31. The maximum absolute atomic E-state index is 4.05. The van der Waals surface area contributed by atoms with Gasteiger partial charge >= 0.3 is 0 Å². The van der Waals surface area contributed by atoms with E-state index in [-0.39, 0.29) is 0 Å². The molecule has 1 aliphatic rings. The van der Waals surface area contributed by atoms with Crippen molar-refractivity contribution in [3.63, 3.8) is 0 Å². The van der Waals surface area contributed by atoms with E-state index in [0.717, 1.165) is 5.92 Å². The van der Waals surface area contributed by atoms with Crippen LogP contribution in [0.5, 0.6) is 0 Å². The van der Waals surface area contributed by atoms with Crippen molar-refractivity contribution in [3.8, 4) is 0 Å². The highest BCUT2D eigenvalue weighted by atomic mass is 14.2. The Hall–Kier alpha value is -1.04. The summed E-state index contributed by atoms with van der Waals surface area (Å²) in [5.74, 6) is 0.856. The molecule has 1 unspecified atom stereocenters. The Balaban J connectivity index is 1.96. The summed E-state index contributed by atoms with van der Waals surface area (Å²) < 4.78 is 0. The van der Waals surface area contributed by atoms with Crippen molar-refractivity contribution in [2.45, 2.75) is 25.7 Å². The predicted molar refractivity (Wildman–Crippen MR) is 56.6 cm³/mol. The second kappa shape index (κ2) is 3.78. The van der Waals surface area contributed by atoms with E-state index in [1.165, 1.54) is 36.8 Å². The van der Waals surface area contributed by atoms with Gasteiger partial charge in [-0.05, 0) is 37.2 Å². The Labute approximate surface area is 80.3 Å². The first-order valence-corrected chi connectivity index (χ1v) is 5.05. The van der Waals surface area contributed by atoms with Crippen molar-refractivity contribution < 1.29 is 0 Å². The second-order valence-electron chi connectivity index (χ2n) is 4.05. The van der Waals surface area contributed by atoms with Crippen LogP contribution in [-0.2, 0) is 6.42 Å². The first-order chi connectivity index (χ1) is 6.34. The van der Waals surface area contributed by atoms with Gasteiger partial charge in [-0.25, -0.2) is 0 Å². The average Bonchev–Trinajstić information content (AvgIpc) is 2.53. The Morgan fingerprint density at radius 2 is 2.00 bits per heavy atom. The summed E-state index contributed by atoms with van der Waals surface area (Å²) in [4.78, 5) is 0. The molecule has 0 aromatic heterocycles. The van der Waals surface area contributed by atoms with Crippen LogP contribution in [0, 0.1) is 5.92 Å². The van der Waals surface area contributed by atoms with Crippen molar-refractivity contribution in [1.82, 2.24) is 0 Å². The lowest BCUT2D eigenvalue weighted by Crippen LogP contribution is -1.97. The van der Waals surface area contributed by atoms with Crippen LogP contribution in [0.4, 0.5) is 0 Å². The minimum Gasteiger partial charge on any atom is -0.0999 e. The summed E-state index contributed by atoms with van der Waals surface area (Å²) in [6, 6.07) is 10.8. The van der Waals surface area contributed by atoms with Crippen molar-refractivity contribution in [1.29, 1.82) is 0 Å². The van der Waals surface area contributed by atoms with Gasteiger partial charge in [-0.3, -0.25) is 0 Å². The number of hydrogen-bond donors (Lipinski definition) is 0. The smallest absolute Gasteiger partial charge is 0.0247 e. The van der Waals surface area contributed by atoms with E-state index >= 15 is 0 Å². The molecule has 0 bridgehead atoms. The van der Waals surface area contributed by atoms with Gasteiger partial charge in [-0.2, -0.15) is 0 Å². The van der Waals surface area contributed by atoms with Gasteiger partial charge in [-0.1, -0.05) is 42.5 Å². The molecule has 0 amide bonds. The molecule has 0 heteroatoms. The molecule has 1 fully saturated rings. The Kier molecular flexibility index (Phi) is 2.49. The normalized spacial score (nSPS) is 22.2. The third-order valence-corrected chi connectivity index (χ3v) is 2.85. The first kappa shape index (κ1) is 8.55. The summed E-state index contributed by atoms with van der Waals surface area (Å²) in [6.07, 6.45) is 5.07. The molecule has 0 nitrogen and oxygen atoms in total. The fraction of sp³-hybridized carbons (Fsp3) is 0.385. The van der Waals surface area contributed by atoms with Crippen molar-refractivity contribution in [2.75, 3.05) is 0 Å². The van der Waals surface area contributed by atoms with E-state index in [9.17, 15) is 0 Å². The van der Waals surface area contributed by atoms with Crippen LogP contribution in [0.15, 0.2) is 42.5 Å². The number of hydrogen-bond acceptors (Lipinski definition) is 0. The third kappa shape index (κ3) is 2.21. The van der Waals surface area contributed by atoms with Gasteiger partial charge in [0.05, 0.1) is 0 Å². The molecule has 2 rings (SSSR count). The topological polar surface area (TPSA) is 0 Å². The quantitative estimate of drug-likeness (QED) is 0.598. The molecular formula is C13H16. The maximum Gasteiger partial charge on any atom is -0.0247 e. The maximum atomic E-state index is 4.05. The zero-order valence-electron chi connectivity index (χ0n) is 8.00. The molecule has 0 heterocycles. The van der Waals surface area contributed by atoms with Gasteiger partial charge in [0.15, 0.2) is 0 Å². The molecule has 0 saturated heterocycles. The lowest BCUT2D eigenvalue weighted by molar-refractivity contribution is 0.554. The number of rotatable bonds is 2. The Morgan fingerprint density at radius 3 is 2.62 bits per heavy atom. The highest BCUT2D eigenvalue weighted by Gasteiger charge is 2.17. The van der Waals surface area contributed by atoms with Gasteiger partial charge in [0.2, 0.25) is 0 Å². The van der Waals surface area contributed by atoms with E-state index < -0.39 is 0 Å². The van der Waals surface area contributed by atoms with Gasteiger partial charge in [0, 0.05) is 0 Å². The van der Waals surface area contributed by atoms with Gasteiger partial charge in [0.25, 0.3) is 0 Å². The number of allylic oxidation sites excluding steroid dienone is 1. The molecule has 13 heavy (non-hydrogen) atoms. The van der Waals surface area contributed by atoms with Crippen LogP contribution < -0.4 is 0 Å². The van der Waals surface area contributed by atoms with Crippen molar-refractivity contribution in [3.05, 3.63) is 48.0 Å². The first-order valence-electron chi connectivity index (χ1n) is 5.05. The van der Waals surface area contributed by atoms with Crippen LogP contribution in [0.2, 0.25) is 0 Å². The standard InChI is InChI=1S/C13H16/c1-11-7-8-13(9-11)10-12-5-3-2-4-6-12/h2-6,13H,1,7-10H2. The summed E-state index contributed by atoms with van der Waals surface area (Å²) in [7, 11) is 0. The third-order valence-electron chi connectivity index (χ3n) is 2.85. The fourth-order valence-corrected chi connectivity index (χ4v) is 2.14. The van der Waals surface area contributed by atoms with Crippen LogP contribution in [-0.4, -0.2) is 0 Å². The van der Waals surface area contributed by atoms with Crippen LogP contribution in [0.25, 0.3) is 0 Å². The molecule has 1 saturated carbocycles. The molecule has 0 N–H and O–H groups in total. The second-order valence-corrected chi connectivity index (χ2v) is 4.05. The molecular weight excluding hydrogens is 156 g/mol. The van der Waals surface area contributed by atoms with Crippen LogP contribution in [0.3, 0.4) is 0 Å². The fourth-order valence-electron chi connectivity index (χ4n) is 2.14. The zero-order valence-corrected chi connectivity index (χ0v) is 8.00. The predicted octanol–water partition coefficient (Wildman–Crippen LogP) is 3.59. The monoisotopic (exact) mass is 172 g/mol. The molecule has 0 spiro atoms. The largest absolute Gasteiger partial charge is 0.0999 e. The number of benzene rings is 1. The summed E-state index contributed by atoms with van der Waals surface area (Å²) in [5, 5.41) is 0. The van der Waals surface area contributed by atoms with E-state index in [0.29, 0.717) is 0 Å². The summed E-state index contributed by atoms with van der Waals surface area (Å²) >= 11 is 0. The highest BCUT2D eigenvalue weighted by molar-refractivity contribution is 5.16. The Bertz CT molecular complexity index is 284. The van der Waals surface area contributed by atoms with E-state index in [1.807, 2.05) is 0 Å². The van der Waals surface area contributed by atoms with E-state index in [2.05, 4.69) is 36.9 Å². The van der Waals surface area contributed by atoms with Crippen LogP contribution >= 0.6 is 0 Å². The summed E-state index contributed by atoms with van der Waals surface area (Å²) in [5.41, 5.74) is 2.92. The van der Waals surface area contributed by atoms with E-state index in [1.54, 1.807) is 0 Å². The van der Waals surface area contributed by atoms with Gasteiger partial charge in [0.1, 0.15) is 0 Å². The lowest BCUT2D eigenvalue weighted by Gasteiger charge is -2.07. The lowest BCUT2D eigenvalue weighted by atomic mass is 9.98. The van der Waals surface area contributed by atoms with E-state index in [4.69, 9.17) is 0 Å².